The highest BCUT2D eigenvalue weighted by molar-refractivity contribution is 5.58. The molecule has 4 nitrogen and oxygen atoms in total. The van der Waals surface area contributed by atoms with E-state index in [1.807, 2.05) is 48.5 Å². The van der Waals surface area contributed by atoms with Crippen molar-refractivity contribution in [3.8, 4) is 6.07 Å². The Labute approximate surface area is 121 Å². The van der Waals surface area contributed by atoms with Gasteiger partial charge in [0.1, 0.15) is 0 Å². The molecule has 102 valence electrons. The van der Waals surface area contributed by atoms with Crippen LogP contribution in [0.15, 0.2) is 48.5 Å². The summed E-state index contributed by atoms with van der Waals surface area (Å²) < 4.78 is 0. The van der Waals surface area contributed by atoms with Crippen LogP contribution < -0.4 is 0 Å². The molecule has 2 bridgehead atoms. The fourth-order valence-electron chi connectivity index (χ4n) is 4.08. The van der Waals surface area contributed by atoms with Crippen LogP contribution in [0.25, 0.3) is 0 Å². The summed E-state index contributed by atoms with van der Waals surface area (Å²) in [5.74, 6) is -0.399. The maximum Gasteiger partial charge on any atom is 0.273 e. The largest absolute Gasteiger partial charge is 0.273 e. The lowest BCUT2D eigenvalue weighted by molar-refractivity contribution is -0.571. The fraction of sp³-hybridized carbons (Fsp3) is 0.235. The van der Waals surface area contributed by atoms with E-state index in [1.165, 1.54) is 0 Å². The van der Waals surface area contributed by atoms with E-state index in [9.17, 15) is 15.4 Å². The molecule has 0 saturated carbocycles. The first-order valence-electron chi connectivity index (χ1n) is 6.93. The minimum Gasteiger partial charge on any atom is -0.263 e. The van der Waals surface area contributed by atoms with Crippen molar-refractivity contribution in [2.45, 2.75) is 17.9 Å². The molecule has 0 aromatic heterocycles. The van der Waals surface area contributed by atoms with Gasteiger partial charge < -0.3 is 0 Å². The van der Waals surface area contributed by atoms with Crippen molar-refractivity contribution >= 4 is 0 Å². The fourth-order valence-corrected chi connectivity index (χ4v) is 4.08. The molecule has 3 aliphatic carbocycles. The lowest BCUT2D eigenvalue weighted by Crippen LogP contribution is -2.49. The molecule has 0 saturated heterocycles. The average molecular weight is 276 g/mol. The summed E-state index contributed by atoms with van der Waals surface area (Å²) in [7, 11) is 0. The monoisotopic (exact) mass is 276 g/mol. The van der Waals surface area contributed by atoms with Crippen LogP contribution in [-0.2, 0) is 5.54 Å². The zero-order valence-corrected chi connectivity index (χ0v) is 11.2. The topological polar surface area (TPSA) is 66.9 Å². The molecule has 0 heterocycles. The molecule has 0 radical (unpaired) electrons. The number of nitrogens with zero attached hydrogens (tertiary/aromatic N) is 2. The average Bonchev–Trinajstić information content (AvgIpc) is 2.54. The molecule has 2 aromatic carbocycles. The minimum absolute atomic E-state index is 0.0516. The second-order valence-corrected chi connectivity index (χ2v) is 5.71. The summed E-state index contributed by atoms with van der Waals surface area (Å²) in [6.07, 6.45) is 0.259. The molecule has 5 rings (SSSR count). The van der Waals surface area contributed by atoms with Crippen molar-refractivity contribution < 1.29 is 4.92 Å². The van der Waals surface area contributed by atoms with E-state index >= 15 is 0 Å². The molecule has 0 aliphatic heterocycles. The Morgan fingerprint density at radius 1 is 1.10 bits per heavy atom. The van der Waals surface area contributed by atoms with Gasteiger partial charge in [-0.2, -0.15) is 5.26 Å². The maximum absolute atomic E-state index is 12.0. The van der Waals surface area contributed by atoms with Crippen molar-refractivity contribution in [2.75, 3.05) is 0 Å². The lowest BCUT2D eigenvalue weighted by Gasteiger charge is -2.45. The molecule has 2 aromatic rings. The Morgan fingerprint density at radius 2 is 1.62 bits per heavy atom. The van der Waals surface area contributed by atoms with E-state index in [0.29, 0.717) is 0 Å². The molecule has 3 aliphatic rings. The van der Waals surface area contributed by atoms with Gasteiger partial charge in [0.05, 0.1) is 12.0 Å². The zero-order chi connectivity index (χ0) is 14.6. The zero-order valence-electron chi connectivity index (χ0n) is 11.2. The van der Waals surface area contributed by atoms with Gasteiger partial charge in [0, 0.05) is 28.4 Å². The minimum atomic E-state index is -1.28. The number of rotatable bonds is 1. The van der Waals surface area contributed by atoms with Crippen molar-refractivity contribution in [1.82, 2.24) is 0 Å². The van der Waals surface area contributed by atoms with E-state index in [-0.39, 0.29) is 23.2 Å². The highest BCUT2D eigenvalue weighted by Gasteiger charge is 2.60. The van der Waals surface area contributed by atoms with Crippen LogP contribution in [0, 0.1) is 27.4 Å². The first-order chi connectivity index (χ1) is 10.2. The number of benzene rings is 2. The van der Waals surface area contributed by atoms with Crippen LogP contribution in [0.1, 0.15) is 34.6 Å². The smallest absolute Gasteiger partial charge is 0.263 e. The van der Waals surface area contributed by atoms with Crippen LogP contribution in [0.4, 0.5) is 0 Å². The summed E-state index contributed by atoms with van der Waals surface area (Å²) in [6, 6.07) is 17.3. The molecule has 0 amide bonds. The molecular weight excluding hydrogens is 264 g/mol. The molecule has 4 heteroatoms. The van der Waals surface area contributed by atoms with Gasteiger partial charge in [0.15, 0.2) is 0 Å². The van der Waals surface area contributed by atoms with E-state index in [4.69, 9.17) is 0 Å². The predicted octanol–water partition coefficient (Wildman–Crippen LogP) is 3.20. The summed E-state index contributed by atoms with van der Waals surface area (Å²) in [6.45, 7) is 0. The van der Waals surface area contributed by atoms with Crippen molar-refractivity contribution in [1.29, 1.82) is 5.26 Å². The van der Waals surface area contributed by atoms with E-state index in [1.54, 1.807) is 0 Å². The Morgan fingerprint density at radius 3 is 2.10 bits per heavy atom. The van der Waals surface area contributed by atoms with Gasteiger partial charge in [-0.15, -0.1) is 0 Å². The molecule has 21 heavy (non-hydrogen) atoms. The van der Waals surface area contributed by atoms with E-state index < -0.39 is 5.54 Å². The summed E-state index contributed by atoms with van der Waals surface area (Å²) in [5.41, 5.74) is 2.11. The predicted molar refractivity (Wildman–Crippen MR) is 76.2 cm³/mol. The Kier molecular flexibility index (Phi) is 2.26. The second-order valence-electron chi connectivity index (χ2n) is 5.71. The van der Waals surface area contributed by atoms with Gasteiger partial charge in [-0.1, -0.05) is 48.5 Å². The summed E-state index contributed by atoms with van der Waals surface area (Å²) in [5, 5.41) is 21.5. The lowest BCUT2D eigenvalue weighted by atomic mass is 9.56. The summed E-state index contributed by atoms with van der Waals surface area (Å²) in [4.78, 5) is 11.8. The second kappa shape index (κ2) is 3.92. The van der Waals surface area contributed by atoms with Crippen LogP contribution in [0.5, 0.6) is 0 Å². The third-order valence-electron chi connectivity index (χ3n) is 4.88. The Balaban J connectivity index is 2.15. The number of nitriles is 1. The highest BCUT2D eigenvalue weighted by Crippen LogP contribution is 2.58. The van der Waals surface area contributed by atoms with Gasteiger partial charge in [0.25, 0.3) is 5.54 Å². The Hall–Kier alpha value is -2.67. The number of fused-ring (bicyclic) bond motifs is 1. The van der Waals surface area contributed by atoms with E-state index in [0.717, 1.165) is 22.3 Å². The molecule has 0 spiro atoms. The Bertz CT molecular complexity index is 759. The van der Waals surface area contributed by atoms with Gasteiger partial charge >= 0.3 is 0 Å². The highest BCUT2D eigenvalue weighted by atomic mass is 16.6. The van der Waals surface area contributed by atoms with Crippen molar-refractivity contribution in [3.05, 3.63) is 80.9 Å². The molecule has 0 unspecified atom stereocenters. The van der Waals surface area contributed by atoms with Crippen molar-refractivity contribution in [3.63, 3.8) is 0 Å². The summed E-state index contributed by atoms with van der Waals surface area (Å²) >= 11 is 0. The van der Waals surface area contributed by atoms with Crippen LogP contribution in [0.3, 0.4) is 0 Å². The standard InChI is InChI=1S/C17H12N2O2/c18-10-11-9-17(19(20)21)14-7-3-1-5-12(14)16(11)13-6-2-4-8-15(13)17/h1-8,11,16H,9H2/t11-,16?,17?/m1/s1. The van der Waals surface area contributed by atoms with Crippen LogP contribution >= 0.6 is 0 Å². The van der Waals surface area contributed by atoms with Gasteiger partial charge in [-0.05, 0) is 11.1 Å². The SMILES string of the molecule is N#C[C@H]1CC2([N+](=O)[O-])c3ccccc3C1c1ccccc12. The number of nitro groups is 1. The third kappa shape index (κ3) is 1.28. The maximum atomic E-state index is 12.0. The normalized spacial score (nSPS) is 28.3. The molecule has 0 fully saturated rings. The first kappa shape index (κ1) is 12.1. The quantitative estimate of drug-likeness (QED) is 0.593. The number of hydrogen-bond donors (Lipinski definition) is 0. The number of hydrogen-bond acceptors (Lipinski definition) is 3. The van der Waals surface area contributed by atoms with Crippen LogP contribution in [0.2, 0.25) is 0 Å². The van der Waals surface area contributed by atoms with Gasteiger partial charge in [-0.25, -0.2) is 0 Å². The van der Waals surface area contributed by atoms with Gasteiger partial charge in [-0.3, -0.25) is 10.1 Å². The first-order valence-corrected chi connectivity index (χ1v) is 6.93. The van der Waals surface area contributed by atoms with Gasteiger partial charge in [0.2, 0.25) is 0 Å². The molecular formula is C17H12N2O2. The van der Waals surface area contributed by atoms with Crippen LogP contribution in [-0.4, -0.2) is 4.92 Å². The van der Waals surface area contributed by atoms with Crippen molar-refractivity contribution in [2.24, 2.45) is 5.92 Å². The molecule has 0 N–H and O–H groups in total. The van der Waals surface area contributed by atoms with E-state index in [2.05, 4.69) is 6.07 Å². The molecule has 1 atom stereocenters. The third-order valence-corrected chi connectivity index (χ3v) is 4.88.